The Kier molecular flexibility index (Phi) is 7.71. The Labute approximate surface area is 124 Å². The molecule has 1 rings (SSSR count). The van der Waals surface area contributed by atoms with Gasteiger partial charge in [-0.3, -0.25) is 0 Å². The molecule has 0 aliphatic carbocycles. The van der Waals surface area contributed by atoms with Crippen molar-refractivity contribution < 1.29 is 19.4 Å². The Hall–Kier alpha value is -2.24. The molecule has 0 radical (unpaired) electrons. The molecule has 0 aliphatic heterocycles. The molecule has 21 heavy (non-hydrogen) atoms. The fourth-order valence-electron chi connectivity index (χ4n) is 1.74. The SMILES string of the molecule is CCCCCCNC(=O)Nc1cccc(OCC(=O)O)c1. The number of benzene rings is 1. The normalized spacial score (nSPS) is 9.95. The zero-order chi connectivity index (χ0) is 15.5. The minimum absolute atomic E-state index is 0.276. The second kappa shape index (κ2) is 9.63. The predicted molar refractivity (Wildman–Crippen MR) is 80.7 cm³/mol. The highest BCUT2D eigenvalue weighted by atomic mass is 16.5. The van der Waals surface area contributed by atoms with Gasteiger partial charge in [0.2, 0.25) is 0 Å². The van der Waals surface area contributed by atoms with Crippen LogP contribution in [-0.2, 0) is 4.79 Å². The summed E-state index contributed by atoms with van der Waals surface area (Å²) >= 11 is 0. The summed E-state index contributed by atoms with van der Waals surface area (Å²) < 4.78 is 5.04. The number of nitrogens with one attached hydrogen (secondary N) is 2. The predicted octanol–water partition coefficient (Wildman–Crippen LogP) is 2.85. The minimum atomic E-state index is -1.04. The summed E-state index contributed by atoms with van der Waals surface area (Å²) in [6.07, 6.45) is 4.40. The number of carbonyl (C=O) groups is 2. The van der Waals surface area contributed by atoms with Crippen LogP contribution in [-0.4, -0.2) is 30.3 Å². The lowest BCUT2D eigenvalue weighted by Crippen LogP contribution is -2.29. The second-order valence-electron chi connectivity index (χ2n) is 4.65. The van der Waals surface area contributed by atoms with Gasteiger partial charge in [-0.15, -0.1) is 0 Å². The molecule has 0 saturated carbocycles. The molecule has 6 nitrogen and oxygen atoms in total. The summed E-state index contributed by atoms with van der Waals surface area (Å²) in [5, 5.41) is 14.0. The van der Waals surface area contributed by atoms with E-state index in [1.807, 2.05) is 0 Å². The number of aliphatic carboxylic acids is 1. The van der Waals surface area contributed by atoms with Crippen LogP contribution in [0.25, 0.3) is 0 Å². The van der Waals surface area contributed by atoms with Crippen LogP contribution >= 0.6 is 0 Å². The summed E-state index contributed by atoms with van der Waals surface area (Å²) in [5.74, 6) is -0.642. The third-order valence-corrected chi connectivity index (χ3v) is 2.77. The van der Waals surface area contributed by atoms with Crippen molar-refractivity contribution in [2.75, 3.05) is 18.5 Å². The lowest BCUT2D eigenvalue weighted by Gasteiger charge is -2.09. The van der Waals surface area contributed by atoms with Gasteiger partial charge < -0.3 is 20.5 Å². The molecule has 0 heterocycles. The van der Waals surface area contributed by atoms with Crippen LogP contribution in [0.3, 0.4) is 0 Å². The maximum absolute atomic E-state index is 11.7. The fraction of sp³-hybridized carbons (Fsp3) is 0.467. The van der Waals surface area contributed by atoms with Crippen LogP contribution in [0.5, 0.6) is 5.75 Å². The van der Waals surface area contributed by atoms with Crippen LogP contribution in [0.4, 0.5) is 10.5 Å². The Morgan fingerprint density at radius 3 is 2.76 bits per heavy atom. The van der Waals surface area contributed by atoms with Crippen LogP contribution in [0.1, 0.15) is 32.6 Å². The van der Waals surface area contributed by atoms with E-state index in [4.69, 9.17) is 9.84 Å². The minimum Gasteiger partial charge on any atom is -0.482 e. The summed E-state index contributed by atoms with van der Waals surface area (Å²) in [6.45, 7) is 2.37. The van der Waals surface area contributed by atoms with Gasteiger partial charge in [0.25, 0.3) is 0 Å². The monoisotopic (exact) mass is 294 g/mol. The number of amides is 2. The quantitative estimate of drug-likeness (QED) is 0.611. The highest BCUT2D eigenvalue weighted by Gasteiger charge is 2.03. The van der Waals surface area contributed by atoms with Crippen molar-refractivity contribution in [3.8, 4) is 5.75 Å². The molecule has 0 unspecified atom stereocenters. The molecule has 0 aliphatic rings. The first kappa shape index (κ1) is 16.8. The third kappa shape index (κ3) is 7.81. The number of unbranched alkanes of at least 4 members (excludes halogenated alkanes) is 3. The van der Waals surface area contributed by atoms with Crippen LogP contribution in [0.15, 0.2) is 24.3 Å². The van der Waals surface area contributed by atoms with E-state index in [2.05, 4.69) is 17.6 Å². The molecule has 0 atom stereocenters. The molecule has 0 aromatic heterocycles. The number of ether oxygens (including phenoxy) is 1. The molecule has 3 N–H and O–H groups in total. The van der Waals surface area contributed by atoms with Gasteiger partial charge in [0.15, 0.2) is 6.61 Å². The number of carboxylic acid groups (broad SMARTS) is 1. The van der Waals surface area contributed by atoms with Gasteiger partial charge in [-0.1, -0.05) is 32.3 Å². The number of hydrogen-bond donors (Lipinski definition) is 3. The van der Waals surface area contributed by atoms with Crippen molar-refractivity contribution in [3.63, 3.8) is 0 Å². The van der Waals surface area contributed by atoms with Gasteiger partial charge in [0.1, 0.15) is 5.75 Å². The molecule has 6 heteroatoms. The molecule has 0 saturated heterocycles. The first-order valence-corrected chi connectivity index (χ1v) is 7.11. The topological polar surface area (TPSA) is 87.7 Å². The molecule has 0 bridgehead atoms. The molecular formula is C15H22N2O4. The average Bonchev–Trinajstić information content (AvgIpc) is 2.45. The molecule has 0 spiro atoms. The highest BCUT2D eigenvalue weighted by Crippen LogP contribution is 2.17. The van der Waals surface area contributed by atoms with E-state index in [1.165, 1.54) is 6.42 Å². The average molecular weight is 294 g/mol. The molecule has 0 fully saturated rings. The smallest absolute Gasteiger partial charge is 0.341 e. The first-order chi connectivity index (χ1) is 10.1. The van der Waals surface area contributed by atoms with Crippen molar-refractivity contribution in [2.24, 2.45) is 0 Å². The van der Waals surface area contributed by atoms with E-state index in [0.717, 1.165) is 19.3 Å². The zero-order valence-corrected chi connectivity index (χ0v) is 12.2. The molecule has 2 amide bonds. The van der Waals surface area contributed by atoms with Gasteiger partial charge in [0.05, 0.1) is 0 Å². The number of carboxylic acids is 1. The Morgan fingerprint density at radius 2 is 2.05 bits per heavy atom. The number of hydrogen-bond acceptors (Lipinski definition) is 3. The molecule has 1 aromatic carbocycles. The van der Waals surface area contributed by atoms with Gasteiger partial charge in [-0.2, -0.15) is 0 Å². The number of carbonyl (C=O) groups excluding carboxylic acids is 1. The van der Waals surface area contributed by atoms with Crippen molar-refractivity contribution in [2.45, 2.75) is 32.6 Å². The van der Waals surface area contributed by atoms with Crippen molar-refractivity contribution in [1.82, 2.24) is 5.32 Å². The number of anilines is 1. The van der Waals surface area contributed by atoms with Gasteiger partial charge in [-0.05, 0) is 18.6 Å². The third-order valence-electron chi connectivity index (χ3n) is 2.77. The van der Waals surface area contributed by atoms with Gasteiger partial charge in [-0.25, -0.2) is 9.59 Å². The van der Waals surface area contributed by atoms with Gasteiger partial charge in [0, 0.05) is 18.3 Å². The standard InChI is InChI=1S/C15H22N2O4/c1-2-3-4-5-9-16-15(20)17-12-7-6-8-13(10-12)21-11-14(18)19/h6-8,10H,2-5,9,11H2,1H3,(H,18,19)(H2,16,17,20). The summed E-state index contributed by atoms with van der Waals surface area (Å²) in [5.41, 5.74) is 0.559. The van der Waals surface area contributed by atoms with Crippen molar-refractivity contribution >= 4 is 17.7 Å². The maximum atomic E-state index is 11.7. The van der Waals surface area contributed by atoms with Gasteiger partial charge >= 0.3 is 12.0 Å². The van der Waals surface area contributed by atoms with E-state index < -0.39 is 12.6 Å². The van der Waals surface area contributed by atoms with Crippen LogP contribution in [0.2, 0.25) is 0 Å². The molecule has 1 aromatic rings. The van der Waals surface area contributed by atoms with E-state index in [1.54, 1.807) is 24.3 Å². The van der Waals surface area contributed by atoms with E-state index in [-0.39, 0.29) is 6.03 Å². The summed E-state index contributed by atoms with van der Waals surface area (Å²) in [6, 6.07) is 6.34. The second-order valence-corrected chi connectivity index (χ2v) is 4.65. The Morgan fingerprint density at radius 1 is 1.24 bits per heavy atom. The number of urea groups is 1. The Bertz CT molecular complexity index is 463. The van der Waals surface area contributed by atoms with Crippen molar-refractivity contribution in [1.29, 1.82) is 0 Å². The lowest BCUT2D eigenvalue weighted by atomic mass is 10.2. The first-order valence-electron chi connectivity index (χ1n) is 7.11. The molecular weight excluding hydrogens is 272 g/mol. The van der Waals surface area contributed by atoms with E-state index >= 15 is 0 Å². The lowest BCUT2D eigenvalue weighted by molar-refractivity contribution is -0.139. The number of rotatable bonds is 9. The van der Waals surface area contributed by atoms with E-state index in [0.29, 0.717) is 18.0 Å². The molecule has 116 valence electrons. The summed E-state index contributed by atoms with van der Waals surface area (Å²) in [7, 11) is 0. The van der Waals surface area contributed by atoms with Crippen molar-refractivity contribution in [3.05, 3.63) is 24.3 Å². The van der Waals surface area contributed by atoms with Crippen LogP contribution in [0, 0.1) is 0 Å². The maximum Gasteiger partial charge on any atom is 0.341 e. The summed E-state index contributed by atoms with van der Waals surface area (Å²) in [4.78, 5) is 22.1. The largest absolute Gasteiger partial charge is 0.482 e. The Balaban J connectivity index is 2.34. The zero-order valence-electron chi connectivity index (χ0n) is 12.2. The fourth-order valence-corrected chi connectivity index (χ4v) is 1.74. The highest BCUT2D eigenvalue weighted by molar-refractivity contribution is 5.89. The van der Waals surface area contributed by atoms with E-state index in [9.17, 15) is 9.59 Å². The van der Waals surface area contributed by atoms with Crippen LogP contribution < -0.4 is 15.4 Å².